The molecule has 0 radical (unpaired) electrons. The Morgan fingerprint density at radius 2 is 1.71 bits per heavy atom. The van der Waals surface area contributed by atoms with Crippen molar-refractivity contribution in [1.29, 1.82) is 0 Å². The van der Waals surface area contributed by atoms with Gasteiger partial charge in [-0.25, -0.2) is 8.42 Å². The number of rotatable bonds is 8. The van der Waals surface area contributed by atoms with Crippen LogP contribution in [0.1, 0.15) is 25.7 Å². The summed E-state index contributed by atoms with van der Waals surface area (Å²) in [7, 11) is -2.09. The fraction of sp³-hybridized carbons (Fsp3) is 0.478. The first-order chi connectivity index (χ1) is 15.1. The van der Waals surface area contributed by atoms with Crippen molar-refractivity contribution in [2.75, 3.05) is 50.0 Å². The number of sulfonamides is 1. The maximum atomic E-state index is 13.3. The number of anilines is 1. The lowest BCUT2D eigenvalue weighted by Gasteiger charge is -2.30. The molecule has 0 N–H and O–H groups in total. The van der Waals surface area contributed by atoms with Gasteiger partial charge >= 0.3 is 0 Å². The third-order valence-corrected chi connectivity index (χ3v) is 8.60. The highest BCUT2D eigenvalue weighted by molar-refractivity contribution is 8.00. The predicted octanol–water partition coefficient (Wildman–Crippen LogP) is 4.25. The fourth-order valence-electron chi connectivity index (χ4n) is 4.05. The lowest BCUT2D eigenvalue weighted by molar-refractivity contribution is 0.205. The van der Waals surface area contributed by atoms with Crippen molar-refractivity contribution in [3.63, 3.8) is 0 Å². The molecule has 2 heterocycles. The summed E-state index contributed by atoms with van der Waals surface area (Å²) in [5.74, 6) is 2.07. The zero-order chi connectivity index (χ0) is 21.7. The van der Waals surface area contributed by atoms with E-state index in [4.69, 9.17) is 9.47 Å². The van der Waals surface area contributed by atoms with E-state index >= 15 is 0 Å². The molecule has 0 aliphatic carbocycles. The number of benzene rings is 2. The molecule has 0 unspecified atom stereocenters. The van der Waals surface area contributed by atoms with Crippen LogP contribution in [0.5, 0.6) is 11.5 Å². The molecule has 168 valence electrons. The Kier molecular flexibility index (Phi) is 7.30. The summed E-state index contributed by atoms with van der Waals surface area (Å²) in [4.78, 5) is 3.72. The van der Waals surface area contributed by atoms with Gasteiger partial charge in [0.1, 0.15) is 11.5 Å². The smallest absolute Gasteiger partial charge is 0.264 e. The number of ether oxygens (including phenoxy) is 2. The van der Waals surface area contributed by atoms with E-state index in [1.165, 1.54) is 36.7 Å². The van der Waals surface area contributed by atoms with Gasteiger partial charge in [0, 0.05) is 29.8 Å². The molecule has 0 aromatic heterocycles. The summed E-state index contributed by atoms with van der Waals surface area (Å²) < 4.78 is 39.3. The average Bonchev–Trinajstić information content (AvgIpc) is 2.82. The number of nitrogens with zero attached hydrogens (tertiary/aromatic N) is 2. The van der Waals surface area contributed by atoms with Gasteiger partial charge in [0.25, 0.3) is 10.0 Å². The molecule has 1 fully saturated rings. The van der Waals surface area contributed by atoms with E-state index < -0.39 is 10.0 Å². The van der Waals surface area contributed by atoms with Gasteiger partial charge in [0.15, 0.2) is 0 Å². The van der Waals surface area contributed by atoms with Gasteiger partial charge in [-0.05, 0) is 68.8 Å². The quantitative estimate of drug-likeness (QED) is 0.547. The minimum absolute atomic E-state index is 0.263. The number of likely N-dealkylation sites (tertiary alicyclic amines) is 1. The Bertz CT molecular complexity index is 974. The molecule has 2 aliphatic rings. The Balaban J connectivity index is 1.45. The minimum Gasteiger partial charge on any atom is -0.497 e. The van der Waals surface area contributed by atoms with Gasteiger partial charge in [-0.3, -0.25) is 4.31 Å². The van der Waals surface area contributed by atoms with E-state index in [0.29, 0.717) is 24.6 Å². The van der Waals surface area contributed by atoms with Crippen LogP contribution in [0.2, 0.25) is 0 Å². The molecule has 2 aromatic rings. The zero-order valence-corrected chi connectivity index (χ0v) is 19.6. The molecule has 0 spiro atoms. The number of piperidine rings is 1. The van der Waals surface area contributed by atoms with Crippen LogP contribution in [0.3, 0.4) is 0 Å². The van der Waals surface area contributed by atoms with Gasteiger partial charge in [-0.1, -0.05) is 6.42 Å². The van der Waals surface area contributed by atoms with Crippen LogP contribution in [0, 0.1) is 0 Å². The van der Waals surface area contributed by atoms with Crippen molar-refractivity contribution in [2.24, 2.45) is 0 Å². The molecule has 0 saturated carbocycles. The maximum absolute atomic E-state index is 13.3. The molecule has 0 atom stereocenters. The summed E-state index contributed by atoms with van der Waals surface area (Å²) in [5, 5.41) is 0. The summed E-state index contributed by atoms with van der Waals surface area (Å²) in [6, 6.07) is 12.3. The molecule has 0 bridgehead atoms. The Labute approximate surface area is 189 Å². The normalized spacial score (nSPS) is 17.3. The minimum atomic E-state index is -3.65. The van der Waals surface area contributed by atoms with E-state index in [9.17, 15) is 8.42 Å². The monoisotopic (exact) mass is 462 g/mol. The van der Waals surface area contributed by atoms with Crippen LogP contribution in [0.15, 0.2) is 52.3 Å². The van der Waals surface area contributed by atoms with E-state index in [1.54, 1.807) is 43.1 Å². The highest BCUT2D eigenvalue weighted by atomic mass is 32.2. The van der Waals surface area contributed by atoms with E-state index in [-0.39, 0.29) is 4.90 Å². The third-order valence-electron chi connectivity index (χ3n) is 5.73. The second-order valence-electron chi connectivity index (χ2n) is 7.84. The van der Waals surface area contributed by atoms with Gasteiger partial charge in [0.2, 0.25) is 0 Å². The van der Waals surface area contributed by atoms with Crippen LogP contribution >= 0.6 is 11.8 Å². The Morgan fingerprint density at radius 1 is 0.968 bits per heavy atom. The largest absolute Gasteiger partial charge is 0.497 e. The number of methoxy groups -OCH3 is 1. The molecule has 6 nitrogen and oxygen atoms in total. The summed E-state index contributed by atoms with van der Waals surface area (Å²) >= 11 is 1.68. The lowest BCUT2D eigenvalue weighted by Crippen LogP contribution is -2.35. The predicted molar refractivity (Wildman–Crippen MR) is 125 cm³/mol. The molecule has 1 saturated heterocycles. The van der Waals surface area contributed by atoms with E-state index in [1.807, 2.05) is 18.2 Å². The first-order valence-electron chi connectivity index (χ1n) is 10.9. The van der Waals surface area contributed by atoms with Crippen LogP contribution in [-0.4, -0.2) is 59.0 Å². The molecule has 8 heteroatoms. The molecule has 4 rings (SSSR count). The van der Waals surface area contributed by atoms with Crippen LogP contribution < -0.4 is 13.8 Å². The molecule has 2 aromatic carbocycles. The highest BCUT2D eigenvalue weighted by Crippen LogP contribution is 2.40. The second-order valence-corrected chi connectivity index (χ2v) is 10.8. The number of fused-ring (bicyclic) bond motifs is 1. The van der Waals surface area contributed by atoms with Gasteiger partial charge < -0.3 is 14.4 Å². The van der Waals surface area contributed by atoms with Crippen LogP contribution in [0.25, 0.3) is 0 Å². The standard InChI is InChI=1S/C23H30N2O4S2/c1-28-19-6-9-21(10-7-19)31(26,27)25-15-17-30-23-11-8-20(18-22(23)25)29-16-5-14-24-12-3-2-4-13-24/h6-11,18H,2-5,12-17H2,1H3. The van der Waals surface area contributed by atoms with Crippen molar-refractivity contribution in [2.45, 2.75) is 35.5 Å². The number of hydrogen-bond donors (Lipinski definition) is 0. The summed E-state index contributed by atoms with van der Waals surface area (Å²) in [5.41, 5.74) is 0.695. The summed E-state index contributed by atoms with van der Waals surface area (Å²) in [6.45, 7) is 4.50. The van der Waals surface area contributed by atoms with Crippen LogP contribution in [-0.2, 0) is 10.0 Å². The molecular formula is C23H30N2O4S2. The Hall–Kier alpha value is -1.90. The van der Waals surface area contributed by atoms with Gasteiger partial charge in [-0.2, -0.15) is 0 Å². The van der Waals surface area contributed by atoms with Gasteiger partial charge in [0.05, 0.1) is 24.3 Å². The third kappa shape index (κ3) is 5.30. The molecule has 0 amide bonds. The first-order valence-corrected chi connectivity index (χ1v) is 13.3. The van der Waals surface area contributed by atoms with Crippen LogP contribution in [0.4, 0.5) is 5.69 Å². The summed E-state index contributed by atoms with van der Waals surface area (Å²) in [6.07, 6.45) is 4.90. The van der Waals surface area contributed by atoms with Gasteiger partial charge in [-0.15, -0.1) is 11.8 Å². The van der Waals surface area contributed by atoms with Crippen molar-refractivity contribution < 1.29 is 17.9 Å². The zero-order valence-electron chi connectivity index (χ0n) is 18.0. The lowest BCUT2D eigenvalue weighted by atomic mass is 10.1. The van der Waals surface area contributed by atoms with Crippen molar-refractivity contribution in [3.8, 4) is 11.5 Å². The number of hydrogen-bond acceptors (Lipinski definition) is 6. The molecule has 2 aliphatic heterocycles. The SMILES string of the molecule is COc1ccc(S(=O)(=O)N2CCSc3ccc(OCCCN4CCCCC4)cc32)cc1. The molecule has 31 heavy (non-hydrogen) atoms. The highest BCUT2D eigenvalue weighted by Gasteiger charge is 2.30. The van der Waals surface area contributed by atoms with Crippen molar-refractivity contribution >= 4 is 27.5 Å². The average molecular weight is 463 g/mol. The fourth-order valence-corrected chi connectivity index (χ4v) is 6.67. The van der Waals surface area contributed by atoms with Crippen molar-refractivity contribution in [3.05, 3.63) is 42.5 Å². The molecular weight excluding hydrogens is 432 g/mol. The number of thioether (sulfide) groups is 1. The topological polar surface area (TPSA) is 59.1 Å². The van der Waals surface area contributed by atoms with E-state index in [0.717, 1.165) is 29.4 Å². The maximum Gasteiger partial charge on any atom is 0.264 e. The second kappa shape index (κ2) is 10.1. The first kappa shape index (κ1) is 22.3. The Morgan fingerprint density at radius 3 is 2.45 bits per heavy atom. The van der Waals surface area contributed by atoms with Crippen molar-refractivity contribution in [1.82, 2.24) is 4.90 Å². The van der Waals surface area contributed by atoms with E-state index in [2.05, 4.69) is 4.90 Å².